The molecule has 0 spiro atoms. The first-order valence-electron chi connectivity index (χ1n) is 8.89. The van der Waals surface area contributed by atoms with Gasteiger partial charge in [-0.1, -0.05) is 12.5 Å². The van der Waals surface area contributed by atoms with Crippen molar-refractivity contribution in [2.45, 2.75) is 25.7 Å². The van der Waals surface area contributed by atoms with Crippen molar-refractivity contribution in [2.24, 2.45) is 24.8 Å². The number of aryl methyl sites for hydroxylation is 1. The standard InChI is InChI=1S/C19H24N4O/c1-22-10-9-21-18(22)19(24)23-12-15-6-4-5-14(17(15)13-23)11-16-7-2-3-8-20-16/h2-3,7-10,14-15,17H,4-6,11-13H2,1H3/t14-,15-,17-/m1/s1. The second kappa shape index (κ2) is 6.38. The van der Waals surface area contributed by atoms with Gasteiger partial charge in [0.2, 0.25) is 0 Å². The Bertz CT molecular complexity index is 711. The molecule has 2 fully saturated rings. The summed E-state index contributed by atoms with van der Waals surface area (Å²) in [5.74, 6) is 2.50. The molecule has 1 saturated heterocycles. The van der Waals surface area contributed by atoms with Crippen molar-refractivity contribution in [3.63, 3.8) is 0 Å². The largest absolute Gasteiger partial charge is 0.335 e. The molecule has 0 N–H and O–H groups in total. The van der Waals surface area contributed by atoms with Gasteiger partial charge in [-0.25, -0.2) is 4.98 Å². The van der Waals surface area contributed by atoms with Crippen LogP contribution in [-0.4, -0.2) is 38.4 Å². The van der Waals surface area contributed by atoms with E-state index in [1.54, 1.807) is 6.20 Å². The summed E-state index contributed by atoms with van der Waals surface area (Å²) in [4.78, 5) is 23.5. The number of rotatable bonds is 3. The predicted octanol–water partition coefficient (Wildman–Crippen LogP) is 2.55. The number of imidazole rings is 1. The normalized spacial score (nSPS) is 26.4. The van der Waals surface area contributed by atoms with Crippen molar-refractivity contribution in [1.82, 2.24) is 19.4 Å². The average molecular weight is 324 g/mol. The number of likely N-dealkylation sites (tertiary alicyclic amines) is 1. The third kappa shape index (κ3) is 2.83. The minimum absolute atomic E-state index is 0.0773. The summed E-state index contributed by atoms with van der Waals surface area (Å²) in [6.07, 6.45) is 10.2. The molecule has 5 nitrogen and oxygen atoms in total. The number of carbonyl (C=O) groups excluding carboxylic acids is 1. The van der Waals surface area contributed by atoms with Crippen molar-refractivity contribution in [3.8, 4) is 0 Å². The zero-order valence-corrected chi connectivity index (χ0v) is 14.1. The van der Waals surface area contributed by atoms with Crippen molar-refractivity contribution in [1.29, 1.82) is 0 Å². The van der Waals surface area contributed by atoms with Crippen LogP contribution in [-0.2, 0) is 13.5 Å². The molecular weight excluding hydrogens is 300 g/mol. The van der Waals surface area contributed by atoms with E-state index in [4.69, 9.17) is 0 Å². The third-order valence-electron chi connectivity index (χ3n) is 5.74. The van der Waals surface area contributed by atoms with Crippen molar-refractivity contribution in [2.75, 3.05) is 13.1 Å². The molecular formula is C19H24N4O. The molecule has 3 atom stereocenters. The molecule has 2 aromatic rings. The van der Waals surface area contributed by atoms with Gasteiger partial charge >= 0.3 is 0 Å². The summed E-state index contributed by atoms with van der Waals surface area (Å²) in [6.45, 7) is 1.75. The predicted molar refractivity (Wildman–Crippen MR) is 91.4 cm³/mol. The molecule has 2 aliphatic rings. The number of carbonyl (C=O) groups is 1. The van der Waals surface area contributed by atoms with Crippen LogP contribution in [0.3, 0.4) is 0 Å². The third-order valence-corrected chi connectivity index (χ3v) is 5.74. The van der Waals surface area contributed by atoms with Crippen LogP contribution in [0.25, 0.3) is 0 Å². The summed E-state index contributed by atoms with van der Waals surface area (Å²) in [5, 5.41) is 0. The Balaban J connectivity index is 1.48. The Morgan fingerprint density at radius 3 is 2.88 bits per heavy atom. The SMILES string of the molecule is Cn1ccnc1C(=O)N1C[C@H]2CCC[C@H](Cc3ccccn3)[C@H]2C1. The van der Waals surface area contributed by atoms with Gasteiger partial charge in [0, 0.05) is 44.4 Å². The maximum Gasteiger partial charge on any atom is 0.289 e. The highest BCUT2D eigenvalue weighted by Crippen LogP contribution is 2.41. The van der Waals surface area contributed by atoms with E-state index in [0.29, 0.717) is 23.6 Å². The molecule has 1 amide bonds. The lowest BCUT2D eigenvalue weighted by Crippen LogP contribution is -2.32. The number of fused-ring (bicyclic) bond motifs is 1. The van der Waals surface area contributed by atoms with Crippen LogP contribution in [0.5, 0.6) is 0 Å². The van der Waals surface area contributed by atoms with Crippen LogP contribution in [0.4, 0.5) is 0 Å². The van der Waals surface area contributed by atoms with E-state index in [1.165, 1.54) is 25.0 Å². The number of aromatic nitrogens is 3. The molecule has 24 heavy (non-hydrogen) atoms. The smallest absolute Gasteiger partial charge is 0.289 e. The van der Waals surface area contributed by atoms with E-state index >= 15 is 0 Å². The van der Waals surface area contributed by atoms with Crippen molar-refractivity contribution < 1.29 is 4.79 Å². The fourth-order valence-corrected chi connectivity index (χ4v) is 4.51. The molecule has 1 aliphatic heterocycles. The minimum atomic E-state index is 0.0773. The molecule has 0 unspecified atom stereocenters. The van der Waals surface area contributed by atoms with E-state index < -0.39 is 0 Å². The van der Waals surface area contributed by atoms with E-state index in [0.717, 1.165) is 19.5 Å². The number of nitrogens with zero attached hydrogens (tertiary/aromatic N) is 4. The van der Waals surface area contributed by atoms with Crippen LogP contribution >= 0.6 is 0 Å². The van der Waals surface area contributed by atoms with E-state index in [-0.39, 0.29) is 5.91 Å². The van der Waals surface area contributed by atoms with Gasteiger partial charge in [-0.05, 0) is 49.1 Å². The summed E-state index contributed by atoms with van der Waals surface area (Å²) >= 11 is 0. The van der Waals surface area contributed by atoms with Crippen LogP contribution in [0.1, 0.15) is 35.6 Å². The number of hydrogen-bond donors (Lipinski definition) is 0. The first-order chi connectivity index (χ1) is 11.7. The lowest BCUT2D eigenvalue weighted by atomic mass is 9.72. The Morgan fingerprint density at radius 2 is 2.12 bits per heavy atom. The Labute approximate surface area is 142 Å². The highest BCUT2D eigenvalue weighted by Gasteiger charge is 2.42. The van der Waals surface area contributed by atoms with Gasteiger partial charge in [0.25, 0.3) is 5.91 Å². The summed E-state index contributed by atoms with van der Waals surface area (Å²) in [6, 6.07) is 6.15. The van der Waals surface area contributed by atoms with Gasteiger partial charge in [-0.2, -0.15) is 0 Å². The maximum absolute atomic E-state index is 12.8. The fourth-order valence-electron chi connectivity index (χ4n) is 4.51. The lowest BCUT2D eigenvalue weighted by Gasteiger charge is -2.32. The molecule has 126 valence electrons. The molecule has 0 aromatic carbocycles. The number of hydrogen-bond acceptors (Lipinski definition) is 3. The maximum atomic E-state index is 12.8. The molecule has 5 heteroatoms. The summed E-state index contributed by atoms with van der Waals surface area (Å²) < 4.78 is 1.82. The quantitative estimate of drug-likeness (QED) is 0.872. The van der Waals surface area contributed by atoms with Crippen LogP contribution in [0, 0.1) is 17.8 Å². The minimum Gasteiger partial charge on any atom is -0.335 e. The second-order valence-corrected chi connectivity index (χ2v) is 7.21. The highest BCUT2D eigenvalue weighted by atomic mass is 16.2. The molecule has 1 aliphatic carbocycles. The topological polar surface area (TPSA) is 51.0 Å². The van der Waals surface area contributed by atoms with Crippen molar-refractivity contribution in [3.05, 3.63) is 48.3 Å². The number of pyridine rings is 1. The lowest BCUT2D eigenvalue weighted by molar-refractivity contribution is 0.0766. The summed E-state index contributed by atoms with van der Waals surface area (Å²) in [7, 11) is 1.88. The molecule has 0 radical (unpaired) electrons. The second-order valence-electron chi connectivity index (χ2n) is 7.21. The first-order valence-corrected chi connectivity index (χ1v) is 8.89. The van der Waals surface area contributed by atoms with Gasteiger partial charge in [0.15, 0.2) is 5.82 Å². The molecule has 1 saturated carbocycles. The monoisotopic (exact) mass is 324 g/mol. The Kier molecular flexibility index (Phi) is 4.08. The van der Waals surface area contributed by atoms with Crippen LogP contribution in [0.15, 0.2) is 36.8 Å². The van der Waals surface area contributed by atoms with Crippen LogP contribution in [0.2, 0.25) is 0 Å². The molecule has 3 heterocycles. The molecule has 0 bridgehead atoms. The van der Waals surface area contributed by atoms with E-state index in [2.05, 4.69) is 22.1 Å². The zero-order valence-electron chi connectivity index (χ0n) is 14.1. The Hall–Kier alpha value is -2.17. The number of amides is 1. The highest BCUT2D eigenvalue weighted by molar-refractivity contribution is 5.91. The average Bonchev–Trinajstić information content (AvgIpc) is 3.22. The van der Waals surface area contributed by atoms with Gasteiger partial charge in [0.05, 0.1) is 0 Å². The van der Waals surface area contributed by atoms with Gasteiger partial charge < -0.3 is 9.47 Å². The summed E-state index contributed by atoms with van der Waals surface area (Å²) in [5.41, 5.74) is 1.18. The van der Waals surface area contributed by atoms with E-state index in [9.17, 15) is 4.79 Å². The van der Waals surface area contributed by atoms with Crippen molar-refractivity contribution >= 4 is 5.91 Å². The fraction of sp³-hybridized carbons (Fsp3) is 0.526. The van der Waals surface area contributed by atoms with Gasteiger partial charge in [-0.15, -0.1) is 0 Å². The molecule has 2 aromatic heterocycles. The zero-order chi connectivity index (χ0) is 16.5. The van der Waals surface area contributed by atoms with Gasteiger partial charge in [0.1, 0.15) is 0 Å². The van der Waals surface area contributed by atoms with Gasteiger partial charge in [-0.3, -0.25) is 9.78 Å². The van der Waals surface area contributed by atoms with E-state index in [1.807, 2.05) is 35.0 Å². The molecule has 4 rings (SSSR count). The first kappa shape index (κ1) is 15.4. The Morgan fingerprint density at radius 1 is 1.21 bits per heavy atom. The van der Waals surface area contributed by atoms with Crippen LogP contribution < -0.4 is 0 Å².